The van der Waals surface area contributed by atoms with Crippen molar-refractivity contribution in [1.82, 2.24) is 19.1 Å². The number of hydrogen-bond donors (Lipinski definition) is 1. The van der Waals surface area contributed by atoms with Gasteiger partial charge in [0.1, 0.15) is 11.5 Å². The number of nitrogens with one attached hydrogen (secondary N) is 1. The number of ether oxygens (including phenoxy) is 3. The van der Waals surface area contributed by atoms with Gasteiger partial charge in [-0.25, -0.2) is 4.79 Å². The van der Waals surface area contributed by atoms with E-state index < -0.39 is 23.4 Å². The van der Waals surface area contributed by atoms with E-state index in [2.05, 4.69) is 30.6 Å². The third kappa shape index (κ3) is 5.02. The maximum absolute atomic E-state index is 12.7. The number of aromatic amines is 1. The zero-order valence-corrected chi connectivity index (χ0v) is 17.1. The van der Waals surface area contributed by atoms with Crippen molar-refractivity contribution >= 4 is 27.1 Å². The summed E-state index contributed by atoms with van der Waals surface area (Å²) >= 11 is 3.21. The van der Waals surface area contributed by atoms with Crippen molar-refractivity contribution in [3.05, 3.63) is 45.1 Å². The summed E-state index contributed by atoms with van der Waals surface area (Å²) in [4.78, 5) is 31.8. The molecule has 3 aromatic rings. The third-order valence-corrected chi connectivity index (χ3v) is 4.22. The Labute approximate surface area is 175 Å². The van der Waals surface area contributed by atoms with Gasteiger partial charge in [-0.2, -0.15) is 4.98 Å². The number of aryl methyl sites for hydroxylation is 1. The zero-order chi connectivity index (χ0) is 21.9. The Bertz CT molecular complexity index is 1150. The molecule has 0 aliphatic heterocycles. The smallest absolute Gasteiger partial charge is 0.425 e. The summed E-state index contributed by atoms with van der Waals surface area (Å²) in [6, 6.07) is 4.64. The quantitative estimate of drug-likeness (QED) is 0.383. The lowest BCUT2D eigenvalue weighted by Gasteiger charge is -2.09. The van der Waals surface area contributed by atoms with Crippen molar-refractivity contribution in [1.29, 1.82) is 0 Å². The maximum Gasteiger partial charge on any atom is 0.573 e. The minimum Gasteiger partial charge on any atom is -0.425 e. The lowest BCUT2D eigenvalue weighted by molar-refractivity contribution is -0.274. The van der Waals surface area contributed by atoms with Gasteiger partial charge >= 0.3 is 18.1 Å². The van der Waals surface area contributed by atoms with Crippen LogP contribution in [0.5, 0.6) is 17.5 Å². The van der Waals surface area contributed by atoms with Crippen LogP contribution in [0.1, 0.15) is 0 Å². The van der Waals surface area contributed by atoms with E-state index in [1.807, 2.05) is 0 Å². The highest BCUT2D eigenvalue weighted by atomic mass is 79.9. The number of rotatable bonds is 8. The largest absolute Gasteiger partial charge is 0.573 e. The lowest BCUT2D eigenvalue weighted by atomic mass is 10.3. The summed E-state index contributed by atoms with van der Waals surface area (Å²) in [6.45, 7) is 0.632. The Morgan fingerprint density at radius 3 is 2.63 bits per heavy atom. The van der Waals surface area contributed by atoms with E-state index in [1.165, 1.54) is 19.2 Å². The summed E-state index contributed by atoms with van der Waals surface area (Å²) in [7, 11) is 1.43. The molecule has 0 amide bonds. The predicted molar refractivity (Wildman–Crippen MR) is 103 cm³/mol. The van der Waals surface area contributed by atoms with Gasteiger partial charge in [-0.3, -0.25) is 13.9 Å². The second-order valence-electron chi connectivity index (χ2n) is 5.97. The van der Waals surface area contributed by atoms with Crippen molar-refractivity contribution in [2.45, 2.75) is 12.9 Å². The number of imidazole rings is 1. The van der Waals surface area contributed by atoms with Crippen LogP contribution in [0.15, 0.2) is 33.9 Å². The Morgan fingerprint density at radius 2 is 1.93 bits per heavy atom. The fourth-order valence-electron chi connectivity index (χ4n) is 2.63. The fourth-order valence-corrected chi connectivity index (χ4v) is 2.86. The molecule has 30 heavy (non-hydrogen) atoms. The van der Waals surface area contributed by atoms with E-state index in [4.69, 9.17) is 9.47 Å². The van der Waals surface area contributed by atoms with E-state index in [1.54, 1.807) is 0 Å². The molecular formula is C17H16BrF3N4O5. The van der Waals surface area contributed by atoms with E-state index in [9.17, 15) is 22.8 Å². The van der Waals surface area contributed by atoms with E-state index in [0.717, 1.165) is 21.3 Å². The van der Waals surface area contributed by atoms with Crippen LogP contribution < -0.4 is 20.7 Å². The molecule has 162 valence electrons. The summed E-state index contributed by atoms with van der Waals surface area (Å²) in [6.07, 6.45) is -4.85. The summed E-state index contributed by atoms with van der Waals surface area (Å²) in [5, 5.41) is 0.620. The molecule has 0 aliphatic rings. The molecule has 0 atom stereocenters. The van der Waals surface area contributed by atoms with Crippen LogP contribution in [-0.2, 0) is 18.3 Å². The summed E-state index contributed by atoms with van der Waals surface area (Å²) in [5.74, 6) is -0.487. The van der Waals surface area contributed by atoms with Crippen LogP contribution >= 0.6 is 15.9 Å². The monoisotopic (exact) mass is 492 g/mol. The Balaban J connectivity index is 1.89. The first-order valence-electron chi connectivity index (χ1n) is 8.56. The molecule has 3 rings (SSSR count). The molecule has 0 radical (unpaired) electrons. The standard InChI is InChI=1S/C17H16BrF3N4O5/c1-24-13-12(14(26)25(16(24)27)6-8-28-7-5-18)22-15(23-13)29-10-3-2-4-11(9-10)30-17(19,20)21/h2-4,9H,5-8H2,1H3,(H,22,23). The molecule has 13 heteroatoms. The highest BCUT2D eigenvalue weighted by molar-refractivity contribution is 9.09. The number of hydrogen-bond acceptors (Lipinski definition) is 6. The Hall–Kier alpha value is -2.80. The summed E-state index contributed by atoms with van der Waals surface area (Å²) < 4.78 is 53.8. The first-order valence-corrected chi connectivity index (χ1v) is 9.68. The molecule has 0 unspecified atom stereocenters. The number of H-pyrrole nitrogens is 1. The predicted octanol–water partition coefficient (Wildman–Crippen LogP) is 2.53. The molecule has 9 nitrogen and oxygen atoms in total. The first kappa shape index (κ1) is 21.9. The molecular weight excluding hydrogens is 477 g/mol. The molecule has 0 saturated carbocycles. The molecule has 1 aromatic carbocycles. The van der Waals surface area contributed by atoms with Crippen LogP contribution in [-0.4, -0.2) is 44.0 Å². The molecule has 1 N–H and O–H groups in total. The molecule has 0 saturated heterocycles. The normalized spacial score (nSPS) is 11.8. The van der Waals surface area contributed by atoms with Crippen LogP contribution in [0.4, 0.5) is 13.2 Å². The topological polar surface area (TPSA) is 100 Å². The first-order chi connectivity index (χ1) is 14.2. The van der Waals surface area contributed by atoms with Gasteiger partial charge in [0, 0.05) is 18.4 Å². The highest BCUT2D eigenvalue weighted by Crippen LogP contribution is 2.28. The molecule has 0 aliphatic carbocycles. The second kappa shape index (κ2) is 8.92. The Morgan fingerprint density at radius 1 is 1.20 bits per heavy atom. The van der Waals surface area contributed by atoms with E-state index >= 15 is 0 Å². The van der Waals surface area contributed by atoms with Crippen molar-refractivity contribution < 1.29 is 27.4 Å². The van der Waals surface area contributed by atoms with Gasteiger partial charge in [-0.05, 0) is 12.1 Å². The number of halogens is 4. The minimum absolute atomic E-state index is 0.00953. The van der Waals surface area contributed by atoms with Gasteiger partial charge in [0.05, 0.1) is 19.8 Å². The van der Waals surface area contributed by atoms with Gasteiger partial charge in [0.15, 0.2) is 11.2 Å². The second-order valence-corrected chi connectivity index (χ2v) is 6.76. The van der Waals surface area contributed by atoms with Gasteiger partial charge in [-0.15, -0.1) is 13.2 Å². The maximum atomic E-state index is 12.7. The van der Waals surface area contributed by atoms with Crippen LogP contribution in [0.25, 0.3) is 11.2 Å². The number of benzene rings is 1. The van der Waals surface area contributed by atoms with Gasteiger partial charge < -0.3 is 19.2 Å². The van der Waals surface area contributed by atoms with Crippen molar-refractivity contribution in [2.75, 3.05) is 18.5 Å². The van der Waals surface area contributed by atoms with Crippen LogP contribution in [0.2, 0.25) is 0 Å². The number of aromatic nitrogens is 4. The van der Waals surface area contributed by atoms with Crippen LogP contribution in [0.3, 0.4) is 0 Å². The van der Waals surface area contributed by atoms with Crippen molar-refractivity contribution in [2.24, 2.45) is 7.05 Å². The summed E-state index contributed by atoms with van der Waals surface area (Å²) in [5.41, 5.74) is -1.16. The van der Waals surface area contributed by atoms with Crippen molar-refractivity contribution in [3.8, 4) is 17.5 Å². The molecule has 0 fully saturated rings. The SMILES string of the molecule is Cn1c(=O)n(CCOCCBr)c(=O)c2[nH]c(Oc3cccc(OC(F)(F)F)c3)nc21. The van der Waals surface area contributed by atoms with Gasteiger partial charge in [-0.1, -0.05) is 22.0 Å². The minimum atomic E-state index is -4.85. The van der Waals surface area contributed by atoms with E-state index in [-0.39, 0.29) is 36.1 Å². The average molecular weight is 493 g/mol. The van der Waals surface area contributed by atoms with Gasteiger partial charge in [0.25, 0.3) is 5.56 Å². The van der Waals surface area contributed by atoms with E-state index in [0.29, 0.717) is 11.9 Å². The number of fused-ring (bicyclic) bond motifs is 1. The van der Waals surface area contributed by atoms with Crippen molar-refractivity contribution in [3.63, 3.8) is 0 Å². The molecule has 2 heterocycles. The molecule has 0 spiro atoms. The molecule has 2 aromatic heterocycles. The zero-order valence-electron chi connectivity index (χ0n) is 15.5. The third-order valence-electron chi connectivity index (χ3n) is 3.89. The lowest BCUT2D eigenvalue weighted by Crippen LogP contribution is -2.40. The van der Waals surface area contributed by atoms with Crippen LogP contribution in [0, 0.1) is 0 Å². The average Bonchev–Trinajstić information content (AvgIpc) is 3.09. The number of alkyl halides is 4. The molecule has 0 bridgehead atoms. The fraction of sp³-hybridized carbons (Fsp3) is 0.353. The Kier molecular flexibility index (Phi) is 6.51. The van der Waals surface area contributed by atoms with Gasteiger partial charge in [0.2, 0.25) is 0 Å². The number of nitrogens with zero attached hydrogens (tertiary/aromatic N) is 3. The highest BCUT2D eigenvalue weighted by Gasteiger charge is 2.31.